The van der Waals surface area contributed by atoms with Gasteiger partial charge in [0.25, 0.3) is 0 Å². The van der Waals surface area contributed by atoms with Crippen LogP contribution in [0.2, 0.25) is 0 Å². The van der Waals surface area contributed by atoms with Crippen LogP contribution >= 0.6 is 0 Å². The maximum Gasteiger partial charge on any atom is 0.165 e. The lowest BCUT2D eigenvalue weighted by Crippen LogP contribution is -2.01. The molecule has 0 heterocycles. The molecule has 2 rings (SSSR count). The van der Waals surface area contributed by atoms with Crippen LogP contribution in [0.25, 0.3) is 0 Å². The van der Waals surface area contributed by atoms with E-state index >= 15 is 0 Å². The first-order chi connectivity index (χ1) is 8.79. The molecule has 2 nitrogen and oxygen atoms in total. The molecular formula is C15H15FO2. The summed E-state index contributed by atoms with van der Waals surface area (Å²) in [6, 6.07) is 14.5. The van der Waals surface area contributed by atoms with Crippen LogP contribution in [0.5, 0.6) is 11.5 Å². The Bertz CT molecular complexity index is 497. The molecular weight excluding hydrogens is 231 g/mol. The van der Waals surface area contributed by atoms with Gasteiger partial charge in [0.15, 0.2) is 11.6 Å². The molecule has 3 heteroatoms. The van der Waals surface area contributed by atoms with Gasteiger partial charge in [0.05, 0.1) is 13.7 Å². The molecule has 0 spiro atoms. The Morgan fingerprint density at radius 2 is 1.83 bits per heavy atom. The topological polar surface area (TPSA) is 18.5 Å². The van der Waals surface area contributed by atoms with Crippen molar-refractivity contribution < 1.29 is 13.9 Å². The maximum atomic E-state index is 13.4. The molecule has 0 N–H and O–H groups in total. The van der Waals surface area contributed by atoms with Crippen LogP contribution in [0, 0.1) is 5.82 Å². The molecule has 0 saturated heterocycles. The van der Waals surface area contributed by atoms with Crippen LogP contribution in [-0.4, -0.2) is 13.7 Å². The molecule has 18 heavy (non-hydrogen) atoms. The van der Waals surface area contributed by atoms with E-state index in [9.17, 15) is 4.39 Å². The molecule has 0 bridgehead atoms. The van der Waals surface area contributed by atoms with Crippen LogP contribution in [0.3, 0.4) is 0 Å². The lowest BCUT2D eigenvalue weighted by atomic mass is 10.1. The van der Waals surface area contributed by atoms with Gasteiger partial charge in [0.2, 0.25) is 0 Å². The molecule has 0 aromatic heterocycles. The smallest absolute Gasteiger partial charge is 0.165 e. The van der Waals surface area contributed by atoms with Gasteiger partial charge in [-0.15, -0.1) is 0 Å². The van der Waals surface area contributed by atoms with Gasteiger partial charge in [-0.1, -0.05) is 24.3 Å². The summed E-state index contributed by atoms with van der Waals surface area (Å²) >= 11 is 0. The summed E-state index contributed by atoms with van der Waals surface area (Å²) in [6.45, 7) is 0.524. The lowest BCUT2D eigenvalue weighted by Gasteiger charge is -2.07. The summed E-state index contributed by atoms with van der Waals surface area (Å²) in [6.07, 6.45) is 0.663. The average Bonchev–Trinajstić information content (AvgIpc) is 2.40. The average molecular weight is 246 g/mol. The highest BCUT2D eigenvalue weighted by Crippen LogP contribution is 2.18. The summed E-state index contributed by atoms with van der Waals surface area (Å²) in [5.41, 5.74) is 0.893. The molecule has 0 saturated carbocycles. The largest absolute Gasteiger partial charge is 0.494 e. The Balaban J connectivity index is 1.89. The molecule has 0 aliphatic heterocycles. The molecule has 0 atom stereocenters. The van der Waals surface area contributed by atoms with Crippen molar-refractivity contribution in [1.29, 1.82) is 0 Å². The molecule has 94 valence electrons. The van der Waals surface area contributed by atoms with Crippen LogP contribution in [-0.2, 0) is 6.42 Å². The first kappa shape index (κ1) is 12.4. The molecule has 2 aromatic carbocycles. The SMILES string of the molecule is COc1ccc(CCOc2ccccc2)cc1F. The summed E-state index contributed by atoms with van der Waals surface area (Å²) < 4.78 is 23.9. The van der Waals surface area contributed by atoms with Gasteiger partial charge in [-0.25, -0.2) is 4.39 Å². The quantitative estimate of drug-likeness (QED) is 0.804. The zero-order chi connectivity index (χ0) is 12.8. The monoisotopic (exact) mass is 246 g/mol. The third-order valence-electron chi connectivity index (χ3n) is 2.62. The molecule has 0 unspecified atom stereocenters. The highest BCUT2D eigenvalue weighted by Gasteiger charge is 2.03. The van der Waals surface area contributed by atoms with Gasteiger partial charge in [0, 0.05) is 6.42 Å². The first-order valence-electron chi connectivity index (χ1n) is 5.80. The Labute approximate surface area is 106 Å². The normalized spacial score (nSPS) is 10.1. The zero-order valence-corrected chi connectivity index (χ0v) is 10.2. The van der Waals surface area contributed by atoms with E-state index in [1.54, 1.807) is 6.07 Å². The van der Waals surface area contributed by atoms with Crippen LogP contribution in [0.1, 0.15) is 5.56 Å². The number of halogens is 1. The van der Waals surface area contributed by atoms with Crippen molar-refractivity contribution in [2.75, 3.05) is 13.7 Å². The third-order valence-corrected chi connectivity index (χ3v) is 2.62. The standard InChI is InChI=1S/C15H15FO2/c1-17-15-8-7-12(11-14(15)16)9-10-18-13-5-3-2-4-6-13/h2-8,11H,9-10H2,1H3. The Morgan fingerprint density at radius 3 is 2.50 bits per heavy atom. The summed E-state index contributed by atoms with van der Waals surface area (Å²) in [4.78, 5) is 0. The fraction of sp³-hybridized carbons (Fsp3) is 0.200. The Morgan fingerprint density at radius 1 is 1.06 bits per heavy atom. The second kappa shape index (κ2) is 6.05. The molecule has 0 radical (unpaired) electrons. The number of benzene rings is 2. The molecule has 0 fully saturated rings. The zero-order valence-electron chi connectivity index (χ0n) is 10.2. The third kappa shape index (κ3) is 3.23. The van der Waals surface area contributed by atoms with E-state index in [0.29, 0.717) is 13.0 Å². The summed E-state index contributed by atoms with van der Waals surface area (Å²) in [5, 5.41) is 0. The van der Waals surface area contributed by atoms with Crippen molar-refractivity contribution >= 4 is 0 Å². The van der Waals surface area contributed by atoms with Crippen molar-refractivity contribution in [2.24, 2.45) is 0 Å². The molecule has 0 amide bonds. The number of ether oxygens (including phenoxy) is 2. The van der Waals surface area contributed by atoms with Gasteiger partial charge in [-0.05, 0) is 29.8 Å². The minimum absolute atomic E-state index is 0.266. The highest BCUT2D eigenvalue weighted by atomic mass is 19.1. The Kier molecular flexibility index (Phi) is 4.18. The van der Waals surface area contributed by atoms with Gasteiger partial charge in [-0.3, -0.25) is 0 Å². The summed E-state index contributed by atoms with van der Waals surface area (Å²) in [5.74, 6) is 0.754. The van der Waals surface area contributed by atoms with E-state index in [-0.39, 0.29) is 11.6 Å². The van der Waals surface area contributed by atoms with Gasteiger partial charge >= 0.3 is 0 Å². The lowest BCUT2D eigenvalue weighted by molar-refractivity contribution is 0.321. The van der Waals surface area contributed by atoms with Gasteiger partial charge in [0.1, 0.15) is 5.75 Å². The van der Waals surface area contributed by atoms with Crippen molar-refractivity contribution in [2.45, 2.75) is 6.42 Å². The van der Waals surface area contributed by atoms with E-state index in [4.69, 9.17) is 9.47 Å². The van der Waals surface area contributed by atoms with Crippen molar-refractivity contribution in [3.05, 3.63) is 59.9 Å². The first-order valence-corrected chi connectivity index (χ1v) is 5.80. The molecule has 0 aliphatic carbocycles. The number of hydrogen-bond donors (Lipinski definition) is 0. The Hall–Kier alpha value is -2.03. The van der Waals surface area contributed by atoms with Crippen LogP contribution < -0.4 is 9.47 Å². The van der Waals surface area contributed by atoms with E-state index in [0.717, 1.165) is 11.3 Å². The van der Waals surface area contributed by atoms with Crippen molar-refractivity contribution in [3.63, 3.8) is 0 Å². The maximum absolute atomic E-state index is 13.4. The van der Waals surface area contributed by atoms with E-state index in [1.165, 1.54) is 13.2 Å². The fourth-order valence-electron chi connectivity index (χ4n) is 1.67. The second-order valence-electron chi connectivity index (χ2n) is 3.88. The predicted octanol–water partition coefficient (Wildman–Crippen LogP) is 3.46. The molecule has 0 aliphatic rings. The summed E-state index contributed by atoms with van der Waals surface area (Å²) in [7, 11) is 1.45. The number of rotatable bonds is 5. The minimum Gasteiger partial charge on any atom is -0.494 e. The predicted molar refractivity (Wildman–Crippen MR) is 68.6 cm³/mol. The second-order valence-corrected chi connectivity index (χ2v) is 3.88. The van der Waals surface area contributed by atoms with Gasteiger partial charge in [-0.2, -0.15) is 0 Å². The van der Waals surface area contributed by atoms with E-state index in [2.05, 4.69) is 0 Å². The van der Waals surface area contributed by atoms with Crippen LogP contribution in [0.15, 0.2) is 48.5 Å². The molecule has 2 aromatic rings. The number of methoxy groups -OCH3 is 1. The van der Waals surface area contributed by atoms with Crippen LogP contribution in [0.4, 0.5) is 4.39 Å². The fourth-order valence-corrected chi connectivity index (χ4v) is 1.67. The van der Waals surface area contributed by atoms with Crippen molar-refractivity contribution in [1.82, 2.24) is 0 Å². The number of hydrogen-bond acceptors (Lipinski definition) is 2. The van der Waals surface area contributed by atoms with Crippen molar-refractivity contribution in [3.8, 4) is 11.5 Å². The minimum atomic E-state index is -0.338. The van der Waals surface area contributed by atoms with Gasteiger partial charge < -0.3 is 9.47 Å². The highest BCUT2D eigenvalue weighted by molar-refractivity contribution is 5.29. The van der Waals surface area contributed by atoms with E-state index < -0.39 is 0 Å². The number of para-hydroxylation sites is 1. The van der Waals surface area contributed by atoms with E-state index in [1.807, 2.05) is 36.4 Å².